The fraction of sp³-hybridized carbons (Fsp3) is 0.929. The Morgan fingerprint density at radius 3 is 2.47 bits per heavy atom. The average molecular weight is 272 g/mol. The highest BCUT2D eigenvalue weighted by atomic mass is 16.4. The molecule has 0 aromatic heterocycles. The van der Waals surface area contributed by atoms with Gasteiger partial charge < -0.3 is 20.4 Å². The van der Waals surface area contributed by atoms with E-state index in [2.05, 4.69) is 31.1 Å². The number of aliphatic carboxylic acids is 1. The third kappa shape index (κ3) is 5.47. The standard InChI is InChI=1S/C14H28N2O3/c1-11(2)16(3)9-8-15-10-14(19)6-4-12(5-7-14)13(17)18/h11-12,15,19H,4-10H2,1-3H3,(H,17,18). The molecule has 1 saturated carbocycles. The zero-order valence-electron chi connectivity index (χ0n) is 12.4. The van der Waals surface area contributed by atoms with Crippen LogP contribution in [-0.2, 0) is 4.79 Å². The van der Waals surface area contributed by atoms with Gasteiger partial charge in [0.05, 0.1) is 11.5 Å². The van der Waals surface area contributed by atoms with Crippen LogP contribution in [0.2, 0.25) is 0 Å². The molecule has 3 N–H and O–H groups in total. The summed E-state index contributed by atoms with van der Waals surface area (Å²) < 4.78 is 0. The highest BCUT2D eigenvalue weighted by Crippen LogP contribution is 2.31. The lowest BCUT2D eigenvalue weighted by Crippen LogP contribution is -2.46. The summed E-state index contributed by atoms with van der Waals surface area (Å²) in [5, 5.41) is 22.6. The number of nitrogens with zero attached hydrogens (tertiary/aromatic N) is 1. The van der Waals surface area contributed by atoms with Gasteiger partial charge in [-0.25, -0.2) is 0 Å². The molecule has 0 atom stereocenters. The van der Waals surface area contributed by atoms with Crippen molar-refractivity contribution in [3.8, 4) is 0 Å². The fourth-order valence-corrected chi connectivity index (χ4v) is 2.41. The molecule has 5 nitrogen and oxygen atoms in total. The van der Waals surface area contributed by atoms with E-state index < -0.39 is 11.6 Å². The third-order valence-electron chi connectivity index (χ3n) is 4.24. The molecule has 0 radical (unpaired) electrons. The van der Waals surface area contributed by atoms with Gasteiger partial charge in [0.1, 0.15) is 0 Å². The van der Waals surface area contributed by atoms with Gasteiger partial charge in [-0.3, -0.25) is 4.79 Å². The van der Waals surface area contributed by atoms with Crippen molar-refractivity contribution in [3.63, 3.8) is 0 Å². The van der Waals surface area contributed by atoms with Crippen molar-refractivity contribution < 1.29 is 15.0 Å². The molecule has 0 saturated heterocycles. The summed E-state index contributed by atoms with van der Waals surface area (Å²) in [7, 11) is 2.08. The van der Waals surface area contributed by atoms with Gasteiger partial charge in [-0.2, -0.15) is 0 Å². The first-order valence-corrected chi connectivity index (χ1v) is 7.20. The van der Waals surface area contributed by atoms with E-state index in [0.717, 1.165) is 13.1 Å². The predicted octanol–water partition coefficient (Wildman–Crippen LogP) is 0.922. The van der Waals surface area contributed by atoms with Crippen LogP contribution in [0, 0.1) is 5.92 Å². The van der Waals surface area contributed by atoms with Crippen LogP contribution < -0.4 is 5.32 Å². The zero-order valence-corrected chi connectivity index (χ0v) is 12.4. The Kier molecular flexibility index (Phi) is 6.23. The van der Waals surface area contributed by atoms with Gasteiger partial charge >= 0.3 is 5.97 Å². The number of carboxylic acids is 1. The second kappa shape index (κ2) is 7.22. The van der Waals surface area contributed by atoms with Gasteiger partial charge in [0.15, 0.2) is 0 Å². The van der Waals surface area contributed by atoms with Gasteiger partial charge in [0.25, 0.3) is 0 Å². The SMILES string of the molecule is CC(C)N(C)CCNCC1(O)CCC(C(=O)O)CC1. The topological polar surface area (TPSA) is 72.8 Å². The molecule has 112 valence electrons. The fourth-order valence-electron chi connectivity index (χ4n) is 2.41. The van der Waals surface area contributed by atoms with E-state index in [1.54, 1.807) is 0 Å². The lowest BCUT2D eigenvalue weighted by molar-refractivity contribution is -0.144. The summed E-state index contributed by atoms with van der Waals surface area (Å²) in [5.74, 6) is -0.999. The van der Waals surface area contributed by atoms with Crippen LogP contribution in [0.25, 0.3) is 0 Å². The molecule has 0 aromatic rings. The van der Waals surface area contributed by atoms with E-state index in [-0.39, 0.29) is 5.92 Å². The largest absolute Gasteiger partial charge is 0.481 e. The first kappa shape index (κ1) is 16.4. The summed E-state index contributed by atoms with van der Waals surface area (Å²) >= 11 is 0. The van der Waals surface area contributed by atoms with Crippen LogP contribution in [0.1, 0.15) is 39.5 Å². The zero-order chi connectivity index (χ0) is 14.5. The van der Waals surface area contributed by atoms with E-state index >= 15 is 0 Å². The first-order valence-electron chi connectivity index (χ1n) is 7.20. The number of aliphatic hydroxyl groups is 1. The number of likely N-dealkylation sites (N-methyl/N-ethyl adjacent to an activating group) is 1. The smallest absolute Gasteiger partial charge is 0.306 e. The number of nitrogens with one attached hydrogen (secondary N) is 1. The number of hydrogen-bond acceptors (Lipinski definition) is 4. The van der Waals surface area contributed by atoms with Crippen molar-refractivity contribution in [1.29, 1.82) is 0 Å². The minimum absolute atomic E-state index is 0.271. The monoisotopic (exact) mass is 272 g/mol. The highest BCUT2D eigenvalue weighted by Gasteiger charge is 2.35. The van der Waals surface area contributed by atoms with E-state index in [0.29, 0.717) is 38.3 Å². The van der Waals surface area contributed by atoms with Crippen LogP contribution in [0.15, 0.2) is 0 Å². The van der Waals surface area contributed by atoms with E-state index in [4.69, 9.17) is 5.11 Å². The third-order valence-corrected chi connectivity index (χ3v) is 4.24. The second-order valence-electron chi connectivity index (χ2n) is 6.09. The number of carboxylic acid groups (broad SMARTS) is 1. The Morgan fingerprint density at radius 1 is 1.42 bits per heavy atom. The highest BCUT2D eigenvalue weighted by molar-refractivity contribution is 5.70. The van der Waals surface area contributed by atoms with Crippen molar-refractivity contribution in [1.82, 2.24) is 10.2 Å². The molecule has 1 aliphatic carbocycles. The van der Waals surface area contributed by atoms with Crippen molar-refractivity contribution in [2.75, 3.05) is 26.7 Å². The molecule has 5 heteroatoms. The Hall–Kier alpha value is -0.650. The van der Waals surface area contributed by atoms with Crippen molar-refractivity contribution >= 4 is 5.97 Å². The quantitative estimate of drug-likeness (QED) is 0.601. The van der Waals surface area contributed by atoms with Crippen LogP contribution in [0.3, 0.4) is 0 Å². The predicted molar refractivity (Wildman–Crippen MR) is 75.2 cm³/mol. The molecule has 0 aliphatic heterocycles. The lowest BCUT2D eigenvalue weighted by Gasteiger charge is -2.35. The van der Waals surface area contributed by atoms with Crippen LogP contribution in [0.5, 0.6) is 0 Å². The van der Waals surface area contributed by atoms with Crippen molar-refractivity contribution in [2.45, 2.75) is 51.2 Å². The minimum atomic E-state index is -0.728. The maximum atomic E-state index is 10.9. The average Bonchev–Trinajstić information content (AvgIpc) is 2.34. The Balaban J connectivity index is 2.21. The Bertz CT molecular complexity index is 286. The molecular weight excluding hydrogens is 244 g/mol. The molecular formula is C14H28N2O3. The van der Waals surface area contributed by atoms with Crippen LogP contribution in [-0.4, -0.2) is 59.4 Å². The van der Waals surface area contributed by atoms with Crippen molar-refractivity contribution in [3.05, 3.63) is 0 Å². The van der Waals surface area contributed by atoms with Gasteiger partial charge in [-0.15, -0.1) is 0 Å². The molecule has 1 aliphatic rings. The summed E-state index contributed by atoms with van der Waals surface area (Å²) in [6, 6.07) is 0.524. The second-order valence-corrected chi connectivity index (χ2v) is 6.09. The summed E-state index contributed by atoms with van der Waals surface area (Å²) in [4.78, 5) is 13.1. The van der Waals surface area contributed by atoms with Crippen LogP contribution in [0.4, 0.5) is 0 Å². The minimum Gasteiger partial charge on any atom is -0.481 e. The summed E-state index contributed by atoms with van der Waals surface area (Å²) in [6.45, 7) is 6.66. The molecule has 0 heterocycles. The Morgan fingerprint density at radius 2 is 2.00 bits per heavy atom. The molecule has 0 unspecified atom stereocenters. The normalized spacial score (nSPS) is 28.0. The maximum absolute atomic E-state index is 10.9. The number of hydrogen-bond donors (Lipinski definition) is 3. The van der Waals surface area contributed by atoms with Gasteiger partial charge in [0, 0.05) is 25.7 Å². The molecule has 1 rings (SSSR count). The maximum Gasteiger partial charge on any atom is 0.306 e. The Labute approximate surface area is 116 Å². The lowest BCUT2D eigenvalue weighted by atomic mass is 9.79. The first-order chi connectivity index (χ1) is 8.84. The molecule has 19 heavy (non-hydrogen) atoms. The van der Waals surface area contributed by atoms with Gasteiger partial charge in [-0.1, -0.05) is 0 Å². The van der Waals surface area contributed by atoms with Gasteiger partial charge in [-0.05, 0) is 46.6 Å². The molecule has 0 spiro atoms. The number of rotatable bonds is 7. The van der Waals surface area contributed by atoms with Gasteiger partial charge in [0.2, 0.25) is 0 Å². The molecule has 1 fully saturated rings. The molecule has 0 bridgehead atoms. The van der Waals surface area contributed by atoms with Crippen molar-refractivity contribution in [2.24, 2.45) is 5.92 Å². The van der Waals surface area contributed by atoms with E-state index in [1.807, 2.05) is 0 Å². The van der Waals surface area contributed by atoms with Crippen LogP contribution >= 0.6 is 0 Å². The molecule has 0 amide bonds. The molecule has 0 aromatic carbocycles. The number of carbonyl (C=O) groups is 1. The van der Waals surface area contributed by atoms with E-state index in [1.165, 1.54) is 0 Å². The van der Waals surface area contributed by atoms with E-state index in [9.17, 15) is 9.90 Å². The summed E-state index contributed by atoms with van der Waals surface area (Å²) in [5.41, 5.74) is -0.720. The summed E-state index contributed by atoms with van der Waals surface area (Å²) in [6.07, 6.45) is 2.33.